The van der Waals surface area contributed by atoms with E-state index in [0.29, 0.717) is 16.9 Å². The molecule has 0 aliphatic heterocycles. The molecular weight excluding hydrogens is 367 g/mol. The largest absolute Gasteiger partial charge is 0.322 e. The van der Waals surface area contributed by atoms with Gasteiger partial charge in [-0.25, -0.2) is 4.39 Å². The van der Waals surface area contributed by atoms with E-state index in [1.807, 2.05) is 25.1 Å². The normalized spacial score (nSPS) is 10.3. The maximum atomic E-state index is 13.2. The van der Waals surface area contributed by atoms with Gasteiger partial charge in [-0.3, -0.25) is 9.59 Å². The van der Waals surface area contributed by atoms with Crippen LogP contribution in [0.15, 0.2) is 66.7 Å². The number of hydrogen-bond donors (Lipinski definition) is 2. The Morgan fingerprint density at radius 1 is 0.852 bits per heavy atom. The molecule has 0 heterocycles. The van der Waals surface area contributed by atoms with Gasteiger partial charge in [0.05, 0.1) is 21.8 Å². The molecule has 0 aliphatic carbocycles. The molecule has 27 heavy (non-hydrogen) atoms. The topological polar surface area (TPSA) is 58.2 Å². The summed E-state index contributed by atoms with van der Waals surface area (Å²) in [5, 5.41) is 5.46. The fourth-order valence-corrected chi connectivity index (χ4v) is 2.83. The molecule has 0 saturated carbocycles. The number of hydrogen-bond acceptors (Lipinski definition) is 2. The monoisotopic (exact) mass is 382 g/mol. The third kappa shape index (κ3) is 4.51. The van der Waals surface area contributed by atoms with Gasteiger partial charge in [-0.15, -0.1) is 0 Å². The minimum absolute atomic E-state index is 0.00538. The highest BCUT2D eigenvalue weighted by Gasteiger charge is 2.16. The second-order valence-corrected chi connectivity index (χ2v) is 6.35. The highest BCUT2D eigenvalue weighted by atomic mass is 35.5. The summed E-state index contributed by atoms with van der Waals surface area (Å²) in [5.41, 5.74) is 2.41. The van der Waals surface area contributed by atoms with Crippen molar-refractivity contribution in [3.63, 3.8) is 0 Å². The number of carbonyl (C=O) groups excluding carboxylic acids is 2. The fraction of sp³-hybridized carbons (Fsp3) is 0.0476. The number of halogens is 2. The maximum absolute atomic E-state index is 13.2. The summed E-state index contributed by atoms with van der Waals surface area (Å²) in [6, 6.07) is 17.5. The molecule has 0 fully saturated rings. The van der Waals surface area contributed by atoms with E-state index in [-0.39, 0.29) is 16.5 Å². The third-order valence-electron chi connectivity index (χ3n) is 3.87. The Morgan fingerprint density at radius 2 is 1.59 bits per heavy atom. The quantitative estimate of drug-likeness (QED) is 0.644. The van der Waals surface area contributed by atoms with Gasteiger partial charge in [0.1, 0.15) is 5.82 Å². The van der Waals surface area contributed by atoms with Crippen LogP contribution in [-0.2, 0) is 0 Å². The van der Waals surface area contributed by atoms with E-state index in [1.54, 1.807) is 30.3 Å². The molecule has 136 valence electrons. The van der Waals surface area contributed by atoms with Gasteiger partial charge >= 0.3 is 0 Å². The second kappa shape index (κ2) is 8.01. The Balaban J connectivity index is 1.83. The first-order chi connectivity index (χ1) is 12.9. The van der Waals surface area contributed by atoms with Gasteiger partial charge in [0.25, 0.3) is 11.8 Å². The molecule has 3 aromatic carbocycles. The van der Waals surface area contributed by atoms with Gasteiger partial charge < -0.3 is 10.6 Å². The number of benzene rings is 3. The van der Waals surface area contributed by atoms with Gasteiger partial charge in [0, 0.05) is 5.69 Å². The van der Waals surface area contributed by atoms with Crippen LogP contribution in [0.4, 0.5) is 15.8 Å². The molecule has 0 aromatic heterocycles. The van der Waals surface area contributed by atoms with Crippen LogP contribution in [0.3, 0.4) is 0 Å². The van der Waals surface area contributed by atoms with E-state index in [2.05, 4.69) is 10.6 Å². The average Bonchev–Trinajstić information content (AvgIpc) is 2.62. The van der Waals surface area contributed by atoms with E-state index in [0.717, 1.165) is 17.7 Å². The molecule has 0 bridgehead atoms. The standard InChI is InChI=1S/C21H16ClFN2O2/c1-13-5-4-6-15(11-13)24-21(27)17-7-2-3-8-19(17)25-20(26)16-10-9-14(23)12-18(16)22/h2-12H,1H3,(H,24,27)(H,25,26). The van der Waals surface area contributed by atoms with Gasteiger partial charge in [-0.2, -0.15) is 0 Å². The summed E-state index contributed by atoms with van der Waals surface area (Å²) in [4.78, 5) is 25.1. The van der Waals surface area contributed by atoms with Crippen LogP contribution in [0.25, 0.3) is 0 Å². The van der Waals surface area contributed by atoms with Crippen LogP contribution >= 0.6 is 11.6 Å². The van der Waals surface area contributed by atoms with Gasteiger partial charge in [-0.05, 0) is 55.0 Å². The van der Waals surface area contributed by atoms with Crippen molar-refractivity contribution in [2.45, 2.75) is 6.92 Å². The number of aryl methyl sites for hydroxylation is 1. The number of carbonyl (C=O) groups is 2. The number of anilines is 2. The van der Waals surface area contributed by atoms with Crippen LogP contribution in [0, 0.1) is 12.7 Å². The lowest BCUT2D eigenvalue weighted by atomic mass is 10.1. The summed E-state index contributed by atoms with van der Waals surface area (Å²) in [7, 11) is 0. The van der Waals surface area contributed by atoms with Crippen LogP contribution in [0.5, 0.6) is 0 Å². The minimum atomic E-state index is -0.533. The summed E-state index contributed by atoms with van der Waals surface area (Å²) in [6.45, 7) is 1.93. The van der Waals surface area contributed by atoms with E-state index in [9.17, 15) is 14.0 Å². The Labute approximate surface area is 161 Å². The molecule has 3 aromatic rings. The SMILES string of the molecule is Cc1cccc(NC(=O)c2ccccc2NC(=O)c2ccc(F)cc2Cl)c1. The lowest BCUT2D eigenvalue weighted by Crippen LogP contribution is -2.18. The number of nitrogens with one attached hydrogen (secondary N) is 2. The van der Waals surface area contributed by atoms with Gasteiger partial charge in [-0.1, -0.05) is 35.9 Å². The molecule has 3 rings (SSSR count). The maximum Gasteiger partial charge on any atom is 0.257 e. The Bertz CT molecular complexity index is 1020. The van der Waals surface area contributed by atoms with Crippen LogP contribution in [-0.4, -0.2) is 11.8 Å². The van der Waals surface area contributed by atoms with E-state index < -0.39 is 11.7 Å². The molecule has 0 radical (unpaired) electrons. The average molecular weight is 383 g/mol. The number of rotatable bonds is 4. The van der Waals surface area contributed by atoms with Crippen molar-refractivity contribution in [2.24, 2.45) is 0 Å². The molecule has 2 amide bonds. The summed E-state index contributed by atoms with van der Waals surface area (Å²) in [5.74, 6) is -1.42. The summed E-state index contributed by atoms with van der Waals surface area (Å²) in [6.07, 6.45) is 0. The molecule has 2 N–H and O–H groups in total. The predicted octanol–water partition coefficient (Wildman–Crippen LogP) is 5.29. The third-order valence-corrected chi connectivity index (χ3v) is 4.18. The van der Waals surface area contributed by atoms with Gasteiger partial charge in [0.15, 0.2) is 0 Å². The van der Waals surface area contributed by atoms with Gasteiger partial charge in [0.2, 0.25) is 0 Å². The Morgan fingerprint density at radius 3 is 2.33 bits per heavy atom. The highest BCUT2D eigenvalue weighted by Crippen LogP contribution is 2.22. The van der Waals surface area contributed by atoms with E-state index in [1.165, 1.54) is 6.07 Å². The zero-order valence-corrected chi connectivity index (χ0v) is 15.2. The number of amides is 2. The first-order valence-electron chi connectivity index (χ1n) is 8.17. The summed E-state index contributed by atoms with van der Waals surface area (Å²) >= 11 is 5.93. The van der Waals surface area contributed by atoms with Crippen molar-refractivity contribution < 1.29 is 14.0 Å². The fourth-order valence-electron chi connectivity index (χ4n) is 2.57. The lowest BCUT2D eigenvalue weighted by molar-refractivity contribution is 0.102. The van der Waals surface area contributed by atoms with E-state index >= 15 is 0 Å². The van der Waals surface area contributed by atoms with Crippen molar-refractivity contribution in [3.8, 4) is 0 Å². The van der Waals surface area contributed by atoms with Crippen LogP contribution in [0.1, 0.15) is 26.3 Å². The van der Waals surface area contributed by atoms with Crippen LogP contribution < -0.4 is 10.6 Å². The molecule has 0 aliphatic rings. The molecule has 4 nitrogen and oxygen atoms in total. The highest BCUT2D eigenvalue weighted by molar-refractivity contribution is 6.34. The molecular formula is C21H16ClFN2O2. The molecule has 0 unspecified atom stereocenters. The zero-order valence-electron chi connectivity index (χ0n) is 14.4. The van der Waals surface area contributed by atoms with Crippen molar-refractivity contribution in [1.82, 2.24) is 0 Å². The van der Waals surface area contributed by atoms with Crippen molar-refractivity contribution >= 4 is 34.8 Å². The summed E-state index contributed by atoms with van der Waals surface area (Å²) < 4.78 is 13.2. The number of para-hydroxylation sites is 1. The minimum Gasteiger partial charge on any atom is -0.322 e. The molecule has 6 heteroatoms. The smallest absolute Gasteiger partial charge is 0.257 e. The van der Waals surface area contributed by atoms with E-state index in [4.69, 9.17) is 11.6 Å². The Kier molecular flexibility index (Phi) is 5.52. The van der Waals surface area contributed by atoms with Crippen molar-refractivity contribution in [2.75, 3.05) is 10.6 Å². The predicted molar refractivity (Wildman–Crippen MR) is 105 cm³/mol. The molecule has 0 saturated heterocycles. The second-order valence-electron chi connectivity index (χ2n) is 5.95. The first-order valence-corrected chi connectivity index (χ1v) is 8.55. The molecule has 0 spiro atoms. The van der Waals surface area contributed by atoms with Crippen molar-refractivity contribution in [3.05, 3.63) is 94.3 Å². The molecule has 0 atom stereocenters. The Hall–Kier alpha value is -3.18. The first kappa shape index (κ1) is 18.6. The van der Waals surface area contributed by atoms with Crippen molar-refractivity contribution in [1.29, 1.82) is 0 Å². The lowest BCUT2D eigenvalue weighted by Gasteiger charge is -2.12. The zero-order chi connectivity index (χ0) is 19.4. The van der Waals surface area contributed by atoms with Crippen LogP contribution in [0.2, 0.25) is 5.02 Å².